The highest BCUT2D eigenvalue weighted by atomic mass is 19.4. The fraction of sp³-hybridized carbons (Fsp3) is 0.545. The molecule has 0 aliphatic carbocycles. The maximum Gasteiger partial charge on any atom is 0.419 e. The molecular weight excluding hydrogens is 428 g/mol. The standard InChI is InChI=1S/C22H28F4N4O2/c1-21(2,3)32-20(31)29-9-6-14(7-10-29)19-28-18(13-30(19)11-8-27)15-4-5-17(23)16(12-15)22(24,25)26/h4-5,12-14H,6-11,27H2,1-3H3. The molecular formula is C22H28F4N4O2. The molecule has 6 nitrogen and oxygen atoms in total. The fourth-order valence-corrected chi connectivity index (χ4v) is 3.76. The number of carbonyl (C=O) groups is 1. The van der Waals surface area contributed by atoms with Crippen molar-refractivity contribution in [3.63, 3.8) is 0 Å². The first kappa shape index (κ1) is 24.0. The number of nitrogens with two attached hydrogens (primary N) is 1. The van der Waals surface area contributed by atoms with Gasteiger partial charge in [0.05, 0.1) is 11.3 Å². The van der Waals surface area contributed by atoms with E-state index in [0.717, 1.165) is 12.1 Å². The number of piperidine rings is 1. The summed E-state index contributed by atoms with van der Waals surface area (Å²) in [6, 6.07) is 2.87. The van der Waals surface area contributed by atoms with Crippen LogP contribution in [0.15, 0.2) is 24.4 Å². The summed E-state index contributed by atoms with van der Waals surface area (Å²) in [6.07, 6.45) is -2.24. The van der Waals surface area contributed by atoms with E-state index in [1.165, 1.54) is 6.07 Å². The summed E-state index contributed by atoms with van der Waals surface area (Å²) in [5.74, 6) is -0.610. The Morgan fingerprint density at radius 1 is 1.22 bits per heavy atom. The lowest BCUT2D eigenvalue weighted by atomic mass is 9.96. The number of alkyl halides is 3. The third-order valence-electron chi connectivity index (χ3n) is 5.26. The van der Waals surface area contributed by atoms with E-state index in [1.54, 1.807) is 11.1 Å². The molecule has 0 atom stereocenters. The van der Waals surface area contributed by atoms with Crippen LogP contribution in [-0.4, -0.2) is 45.8 Å². The van der Waals surface area contributed by atoms with Gasteiger partial charge in [0.15, 0.2) is 0 Å². The molecule has 176 valence electrons. The maximum absolute atomic E-state index is 13.7. The summed E-state index contributed by atoms with van der Waals surface area (Å²) < 4.78 is 60.3. The van der Waals surface area contributed by atoms with Crippen molar-refractivity contribution in [2.45, 2.75) is 57.9 Å². The van der Waals surface area contributed by atoms with Crippen molar-refractivity contribution in [3.8, 4) is 11.3 Å². The van der Waals surface area contributed by atoms with Crippen LogP contribution in [0.2, 0.25) is 0 Å². The zero-order chi connectivity index (χ0) is 23.7. The first-order valence-electron chi connectivity index (χ1n) is 10.5. The summed E-state index contributed by atoms with van der Waals surface area (Å²) in [4.78, 5) is 18.5. The lowest BCUT2D eigenvalue weighted by molar-refractivity contribution is -0.139. The van der Waals surface area contributed by atoms with Crippen molar-refractivity contribution in [3.05, 3.63) is 41.6 Å². The number of benzene rings is 1. The van der Waals surface area contributed by atoms with E-state index in [1.807, 2.05) is 25.3 Å². The molecule has 1 aliphatic rings. The predicted molar refractivity (Wildman–Crippen MR) is 111 cm³/mol. The Balaban J connectivity index is 1.82. The highest BCUT2D eigenvalue weighted by Gasteiger charge is 2.35. The average Bonchev–Trinajstić information content (AvgIpc) is 3.10. The summed E-state index contributed by atoms with van der Waals surface area (Å²) in [7, 11) is 0. The van der Waals surface area contributed by atoms with Crippen LogP contribution in [0.25, 0.3) is 11.3 Å². The zero-order valence-corrected chi connectivity index (χ0v) is 18.4. The van der Waals surface area contributed by atoms with E-state index in [9.17, 15) is 22.4 Å². The number of nitrogens with zero attached hydrogens (tertiary/aromatic N) is 3. The Labute approximate surface area is 184 Å². The van der Waals surface area contributed by atoms with Crippen molar-refractivity contribution >= 4 is 6.09 Å². The molecule has 2 aromatic rings. The molecule has 1 fully saturated rings. The number of hydrogen-bond donors (Lipinski definition) is 1. The molecule has 1 saturated heterocycles. The number of aromatic nitrogens is 2. The van der Waals surface area contributed by atoms with Gasteiger partial charge in [-0.2, -0.15) is 13.2 Å². The van der Waals surface area contributed by atoms with Gasteiger partial charge < -0.3 is 19.9 Å². The monoisotopic (exact) mass is 456 g/mol. The minimum atomic E-state index is -4.79. The number of rotatable bonds is 4. The van der Waals surface area contributed by atoms with Crippen LogP contribution in [0.1, 0.15) is 50.9 Å². The lowest BCUT2D eigenvalue weighted by Crippen LogP contribution is -2.41. The van der Waals surface area contributed by atoms with E-state index in [0.29, 0.717) is 50.5 Å². The van der Waals surface area contributed by atoms with E-state index in [2.05, 4.69) is 4.98 Å². The number of amides is 1. The fourth-order valence-electron chi connectivity index (χ4n) is 3.76. The molecule has 0 bridgehead atoms. The zero-order valence-electron chi connectivity index (χ0n) is 18.4. The molecule has 0 radical (unpaired) electrons. The van der Waals surface area contributed by atoms with Crippen LogP contribution in [-0.2, 0) is 17.5 Å². The maximum atomic E-state index is 13.7. The molecule has 3 rings (SSSR count). The molecule has 1 aromatic heterocycles. The third-order valence-corrected chi connectivity index (χ3v) is 5.26. The van der Waals surface area contributed by atoms with Crippen LogP contribution in [0.5, 0.6) is 0 Å². The van der Waals surface area contributed by atoms with Crippen molar-refractivity contribution in [2.24, 2.45) is 5.73 Å². The van der Waals surface area contributed by atoms with E-state index in [-0.39, 0.29) is 17.6 Å². The Bertz CT molecular complexity index is 958. The second-order valence-corrected chi connectivity index (χ2v) is 8.90. The van der Waals surface area contributed by atoms with E-state index < -0.39 is 23.2 Å². The Kier molecular flexibility index (Phi) is 6.83. The van der Waals surface area contributed by atoms with Gasteiger partial charge in [0.25, 0.3) is 0 Å². The van der Waals surface area contributed by atoms with Crippen molar-refractivity contribution < 1.29 is 27.1 Å². The van der Waals surface area contributed by atoms with Crippen LogP contribution >= 0.6 is 0 Å². The van der Waals surface area contributed by atoms with Gasteiger partial charge in [-0.3, -0.25) is 0 Å². The first-order valence-corrected chi connectivity index (χ1v) is 10.5. The number of imidazole rings is 1. The summed E-state index contributed by atoms with van der Waals surface area (Å²) >= 11 is 0. The van der Waals surface area contributed by atoms with Crippen LogP contribution in [0.4, 0.5) is 22.4 Å². The largest absolute Gasteiger partial charge is 0.444 e. The predicted octanol–water partition coefficient (Wildman–Crippen LogP) is 4.78. The highest BCUT2D eigenvalue weighted by molar-refractivity contribution is 5.68. The molecule has 1 amide bonds. The first-order chi connectivity index (χ1) is 14.9. The highest BCUT2D eigenvalue weighted by Crippen LogP contribution is 2.35. The van der Waals surface area contributed by atoms with Gasteiger partial charge >= 0.3 is 12.3 Å². The third kappa shape index (κ3) is 5.59. The Morgan fingerprint density at radius 2 is 1.88 bits per heavy atom. The van der Waals surface area contributed by atoms with Crippen molar-refractivity contribution in [1.29, 1.82) is 0 Å². The minimum Gasteiger partial charge on any atom is -0.444 e. The molecule has 0 saturated carbocycles. The molecule has 1 aliphatic heterocycles. The SMILES string of the molecule is CC(C)(C)OC(=O)N1CCC(c2nc(-c3ccc(F)c(C(F)(F)F)c3)cn2CCN)CC1. The molecule has 32 heavy (non-hydrogen) atoms. The number of likely N-dealkylation sites (tertiary alicyclic amines) is 1. The van der Waals surface area contributed by atoms with Gasteiger partial charge in [-0.15, -0.1) is 0 Å². The molecule has 10 heteroatoms. The Hall–Kier alpha value is -2.62. The van der Waals surface area contributed by atoms with Gasteiger partial charge in [0, 0.05) is 43.9 Å². The number of halogens is 4. The van der Waals surface area contributed by atoms with E-state index >= 15 is 0 Å². The number of ether oxygens (including phenoxy) is 1. The lowest BCUT2D eigenvalue weighted by Gasteiger charge is -2.33. The number of carbonyl (C=O) groups excluding carboxylic acids is 1. The van der Waals surface area contributed by atoms with Gasteiger partial charge in [0.1, 0.15) is 17.2 Å². The summed E-state index contributed by atoms with van der Waals surface area (Å²) in [5.41, 5.74) is 4.32. The smallest absolute Gasteiger partial charge is 0.419 e. The molecule has 2 heterocycles. The minimum absolute atomic E-state index is 0.0107. The normalized spacial score (nSPS) is 15.8. The topological polar surface area (TPSA) is 73.4 Å². The number of hydrogen-bond acceptors (Lipinski definition) is 4. The second-order valence-electron chi connectivity index (χ2n) is 8.90. The summed E-state index contributed by atoms with van der Waals surface area (Å²) in [5, 5.41) is 0. The van der Waals surface area contributed by atoms with Crippen LogP contribution in [0, 0.1) is 5.82 Å². The molecule has 2 N–H and O–H groups in total. The average molecular weight is 456 g/mol. The Morgan fingerprint density at radius 3 is 2.44 bits per heavy atom. The summed E-state index contributed by atoms with van der Waals surface area (Å²) in [6.45, 7) is 7.17. The molecule has 0 spiro atoms. The van der Waals surface area contributed by atoms with Crippen LogP contribution < -0.4 is 5.73 Å². The quantitative estimate of drug-likeness (QED) is 0.672. The van der Waals surface area contributed by atoms with Crippen molar-refractivity contribution in [1.82, 2.24) is 14.5 Å². The van der Waals surface area contributed by atoms with Gasteiger partial charge in [-0.05, 0) is 51.8 Å². The van der Waals surface area contributed by atoms with Crippen molar-refractivity contribution in [2.75, 3.05) is 19.6 Å². The van der Waals surface area contributed by atoms with Gasteiger partial charge in [0.2, 0.25) is 0 Å². The second kappa shape index (κ2) is 9.09. The van der Waals surface area contributed by atoms with Gasteiger partial charge in [-0.25, -0.2) is 14.2 Å². The molecule has 0 unspecified atom stereocenters. The van der Waals surface area contributed by atoms with E-state index in [4.69, 9.17) is 10.5 Å². The van der Waals surface area contributed by atoms with Crippen LogP contribution in [0.3, 0.4) is 0 Å². The molecule has 1 aromatic carbocycles. The van der Waals surface area contributed by atoms with Gasteiger partial charge in [-0.1, -0.05) is 0 Å².